The van der Waals surface area contributed by atoms with Gasteiger partial charge in [0.2, 0.25) is 0 Å². The van der Waals surface area contributed by atoms with E-state index in [1.807, 2.05) is 0 Å². The molecule has 0 aromatic heterocycles. The van der Waals surface area contributed by atoms with Gasteiger partial charge in [-0.25, -0.2) is 4.39 Å². The summed E-state index contributed by atoms with van der Waals surface area (Å²) in [7, 11) is 2.73. The highest BCUT2D eigenvalue weighted by molar-refractivity contribution is 5.48. The van der Waals surface area contributed by atoms with Crippen LogP contribution in [0.15, 0.2) is 36.4 Å². The van der Waals surface area contributed by atoms with Gasteiger partial charge in [-0.3, -0.25) is 20.2 Å². The van der Waals surface area contributed by atoms with Gasteiger partial charge in [-0.05, 0) is 50.7 Å². The molecule has 0 spiro atoms. The number of aliphatic hydroxyl groups is 1. The van der Waals surface area contributed by atoms with Crippen LogP contribution in [0.1, 0.15) is 38.5 Å². The molecule has 2 aliphatic rings. The van der Waals surface area contributed by atoms with Crippen LogP contribution in [-0.4, -0.2) is 46.9 Å². The smallest absolute Gasteiger partial charge is 0.273 e. The van der Waals surface area contributed by atoms with E-state index in [4.69, 9.17) is 14.6 Å². The summed E-state index contributed by atoms with van der Waals surface area (Å²) in [5.74, 6) is 0.270. The average molecular weight is 484 g/mol. The minimum Gasteiger partial charge on any atom is -0.493 e. The fraction of sp³-hybridized carbons (Fsp3) is 0.455. The quantitative estimate of drug-likeness (QED) is 0.475. The van der Waals surface area contributed by atoms with Crippen LogP contribution in [0.25, 0.3) is 0 Å². The summed E-state index contributed by atoms with van der Waals surface area (Å²) >= 11 is 0. The van der Waals surface area contributed by atoms with Gasteiger partial charge in [0.25, 0.3) is 11.4 Å². The number of ether oxygens (including phenoxy) is 3. The molecule has 0 amide bonds. The molecular formula is C22H29FN2O9. The number of hydrogen-bond donors (Lipinski definition) is 1. The summed E-state index contributed by atoms with van der Waals surface area (Å²) < 4.78 is 28.0. The monoisotopic (exact) mass is 484 g/mol. The first-order chi connectivity index (χ1) is 15.7. The Balaban J connectivity index is 0.000000283. The summed E-state index contributed by atoms with van der Waals surface area (Å²) in [6.07, 6.45) is 6.88. The van der Waals surface area contributed by atoms with Crippen molar-refractivity contribution in [1.29, 1.82) is 0 Å². The first kappa shape index (κ1) is 28.5. The molecule has 3 N–H and O–H groups in total. The molecule has 12 heteroatoms. The Morgan fingerprint density at radius 2 is 1.32 bits per heavy atom. The second kappa shape index (κ2) is 13.9. The highest BCUT2D eigenvalue weighted by atomic mass is 19.1. The molecule has 2 aromatic rings. The van der Waals surface area contributed by atoms with Crippen LogP contribution in [0, 0.1) is 26.0 Å². The van der Waals surface area contributed by atoms with Crippen molar-refractivity contribution in [3.63, 3.8) is 0 Å². The summed E-state index contributed by atoms with van der Waals surface area (Å²) in [5, 5.41) is 29.2. The summed E-state index contributed by atoms with van der Waals surface area (Å²) in [4.78, 5) is 19.7. The Morgan fingerprint density at radius 1 is 0.853 bits per heavy atom. The first-order valence-corrected chi connectivity index (χ1v) is 10.4. The number of rotatable bonds is 6. The molecule has 2 fully saturated rings. The first-order valence-electron chi connectivity index (χ1n) is 10.4. The van der Waals surface area contributed by atoms with Gasteiger partial charge in [0.15, 0.2) is 23.1 Å². The molecule has 0 bridgehead atoms. The van der Waals surface area contributed by atoms with E-state index in [-0.39, 0.29) is 34.8 Å². The van der Waals surface area contributed by atoms with Crippen molar-refractivity contribution in [2.75, 3.05) is 14.2 Å². The number of nitrogens with zero attached hydrogens (tertiary/aromatic N) is 2. The fourth-order valence-corrected chi connectivity index (χ4v) is 2.68. The van der Waals surface area contributed by atoms with E-state index < -0.39 is 15.7 Å². The molecular weight excluding hydrogens is 455 g/mol. The number of methoxy groups -OCH3 is 2. The Hall–Kier alpha value is -3.51. The number of halogens is 1. The zero-order valence-electron chi connectivity index (χ0n) is 18.9. The average Bonchev–Trinajstić information content (AvgIpc) is 2.75. The number of non-ortho nitro benzene ring substituents is 2. The van der Waals surface area contributed by atoms with E-state index in [0.29, 0.717) is 11.5 Å². The molecule has 11 nitrogen and oxygen atoms in total. The second-order valence-electron chi connectivity index (χ2n) is 7.42. The van der Waals surface area contributed by atoms with Crippen LogP contribution in [0.5, 0.6) is 17.2 Å². The van der Waals surface area contributed by atoms with Gasteiger partial charge in [0, 0.05) is 12.1 Å². The lowest BCUT2D eigenvalue weighted by molar-refractivity contribution is -0.385. The van der Waals surface area contributed by atoms with E-state index in [9.17, 15) is 24.6 Å². The zero-order valence-corrected chi connectivity index (χ0v) is 18.9. The largest absolute Gasteiger partial charge is 0.493 e. The van der Waals surface area contributed by atoms with E-state index in [0.717, 1.165) is 43.9 Å². The molecule has 0 heterocycles. The van der Waals surface area contributed by atoms with Crippen molar-refractivity contribution in [3.8, 4) is 17.2 Å². The molecule has 0 radical (unpaired) electrons. The number of benzene rings is 2. The molecule has 0 atom stereocenters. The van der Waals surface area contributed by atoms with Crippen molar-refractivity contribution in [2.45, 2.75) is 50.7 Å². The van der Waals surface area contributed by atoms with E-state index in [1.54, 1.807) is 6.07 Å². The van der Waals surface area contributed by atoms with Gasteiger partial charge in [0.1, 0.15) is 0 Å². The lowest BCUT2D eigenvalue weighted by Crippen LogP contribution is -2.24. The van der Waals surface area contributed by atoms with Gasteiger partial charge in [0.05, 0.1) is 48.4 Å². The van der Waals surface area contributed by atoms with Crippen LogP contribution in [-0.2, 0) is 0 Å². The molecule has 188 valence electrons. The minimum absolute atomic E-state index is 0. The normalized spacial score (nSPS) is 14.4. The van der Waals surface area contributed by atoms with Crippen LogP contribution in [0.3, 0.4) is 0 Å². The van der Waals surface area contributed by atoms with E-state index >= 15 is 0 Å². The van der Waals surface area contributed by atoms with Gasteiger partial charge >= 0.3 is 0 Å². The van der Waals surface area contributed by atoms with Crippen molar-refractivity contribution in [3.05, 3.63) is 62.4 Å². The predicted molar refractivity (Wildman–Crippen MR) is 121 cm³/mol. The Kier molecular flexibility index (Phi) is 11.7. The lowest BCUT2D eigenvalue weighted by atomic mass is 9.96. The number of nitro benzene ring substituents is 2. The SMILES string of the molecule is COc1cc([N+](=O)[O-])ccc1F.COc1cc([N+](=O)[O-])ccc1OC1CCC1.O.OC1CCC1. The van der Waals surface area contributed by atoms with E-state index in [1.165, 1.54) is 39.2 Å². The predicted octanol–water partition coefficient (Wildman–Crippen LogP) is 3.98. The van der Waals surface area contributed by atoms with E-state index in [2.05, 4.69) is 4.74 Å². The van der Waals surface area contributed by atoms with Crippen molar-refractivity contribution >= 4 is 11.4 Å². The Morgan fingerprint density at radius 3 is 1.71 bits per heavy atom. The van der Waals surface area contributed by atoms with Crippen LogP contribution in [0.4, 0.5) is 15.8 Å². The molecule has 0 aliphatic heterocycles. The number of nitro groups is 2. The van der Waals surface area contributed by atoms with Crippen LogP contribution >= 0.6 is 0 Å². The van der Waals surface area contributed by atoms with Crippen molar-refractivity contribution in [1.82, 2.24) is 0 Å². The molecule has 2 aliphatic carbocycles. The van der Waals surface area contributed by atoms with Crippen molar-refractivity contribution in [2.24, 2.45) is 0 Å². The standard InChI is InChI=1S/C11H13NO4.C7H6FNO3.C4H8O.H2O/c1-15-11-7-8(12(13)14)5-6-10(11)16-9-3-2-4-9;1-12-7-4-5(9(10)11)2-3-6(7)8;5-4-2-1-3-4;/h5-7,9H,2-4H2,1H3;2-4H,1H3;4-5H,1-3H2;1H2. The van der Waals surface area contributed by atoms with Crippen LogP contribution < -0.4 is 14.2 Å². The third-order valence-corrected chi connectivity index (χ3v) is 5.12. The van der Waals surface area contributed by atoms with Crippen LogP contribution in [0.2, 0.25) is 0 Å². The maximum atomic E-state index is 12.7. The molecule has 0 unspecified atom stereocenters. The maximum Gasteiger partial charge on any atom is 0.273 e. The van der Waals surface area contributed by atoms with Gasteiger partial charge < -0.3 is 24.8 Å². The molecule has 4 rings (SSSR count). The van der Waals surface area contributed by atoms with Gasteiger partial charge in [-0.15, -0.1) is 0 Å². The van der Waals surface area contributed by atoms with Gasteiger partial charge in [-0.2, -0.15) is 0 Å². The van der Waals surface area contributed by atoms with Gasteiger partial charge in [-0.1, -0.05) is 0 Å². The molecule has 2 saturated carbocycles. The summed E-state index contributed by atoms with van der Waals surface area (Å²) in [6, 6.07) is 7.52. The highest BCUT2D eigenvalue weighted by Crippen LogP contribution is 2.34. The Bertz CT molecular complexity index is 950. The summed E-state index contributed by atoms with van der Waals surface area (Å²) in [6.45, 7) is 0. The summed E-state index contributed by atoms with van der Waals surface area (Å²) in [5.41, 5.74) is -0.175. The lowest BCUT2D eigenvalue weighted by Gasteiger charge is -2.26. The third-order valence-electron chi connectivity index (χ3n) is 5.12. The number of hydrogen-bond acceptors (Lipinski definition) is 8. The zero-order chi connectivity index (χ0) is 24.4. The van der Waals surface area contributed by atoms with Crippen molar-refractivity contribution < 1.29 is 39.0 Å². The second-order valence-corrected chi connectivity index (χ2v) is 7.42. The Labute approximate surface area is 195 Å². The molecule has 34 heavy (non-hydrogen) atoms. The maximum absolute atomic E-state index is 12.7. The third kappa shape index (κ3) is 8.45. The fourth-order valence-electron chi connectivity index (χ4n) is 2.68. The minimum atomic E-state index is -0.609. The molecule has 2 aromatic carbocycles. The number of aliphatic hydroxyl groups excluding tert-OH is 1. The molecule has 0 saturated heterocycles. The topological polar surface area (TPSA) is 166 Å². The highest BCUT2D eigenvalue weighted by Gasteiger charge is 2.21.